The molecule has 1 unspecified atom stereocenters. The number of likely N-dealkylation sites (N-methyl/N-ethyl adjacent to an activating group) is 1. The third-order valence-corrected chi connectivity index (χ3v) is 5.28. The molecule has 2 N–H and O–H groups in total. The number of esters is 1. The highest BCUT2D eigenvalue weighted by atomic mass is 32.1. The SMILES string of the molecule is CCOC(=O)c1c(NC(=O)NC2CC(=O)N(C)C2)sc(-n2nccn2)c1C. The molecule has 0 aromatic carbocycles. The van der Waals surface area contributed by atoms with Gasteiger partial charge in [-0.25, -0.2) is 9.59 Å². The van der Waals surface area contributed by atoms with Crippen LogP contribution >= 0.6 is 11.3 Å². The number of nitrogens with one attached hydrogen (secondary N) is 2. The van der Waals surface area contributed by atoms with Crippen LogP contribution in [0.25, 0.3) is 5.00 Å². The molecule has 0 spiro atoms. The van der Waals surface area contributed by atoms with Crippen LogP contribution in [0.2, 0.25) is 0 Å². The number of ether oxygens (including phenoxy) is 1. The largest absolute Gasteiger partial charge is 0.462 e. The number of carbonyl (C=O) groups is 3. The van der Waals surface area contributed by atoms with Crippen molar-refractivity contribution in [2.45, 2.75) is 26.3 Å². The van der Waals surface area contributed by atoms with Crippen molar-refractivity contribution in [1.82, 2.24) is 25.2 Å². The van der Waals surface area contributed by atoms with Gasteiger partial charge in [-0.1, -0.05) is 11.3 Å². The second kappa shape index (κ2) is 7.74. The highest BCUT2D eigenvalue weighted by molar-refractivity contribution is 7.19. The molecule has 1 atom stereocenters. The van der Waals surface area contributed by atoms with Gasteiger partial charge in [0.15, 0.2) is 0 Å². The van der Waals surface area contributed by atoms with Crippen LogP contribution < -0.4 is 10.6 Å². The van der Waals surface area contributed by atoms with Gasteiger partial charge in [0.25, 0.3) is 0 Å². The lowest BCUT2D eigenvalue weighted by atomic mass is 10.2. The third-order valence-electron chi connectivity index (χ3n) is 4.10. The Morgan fingerprint density at radius 3 is 2.67 bits per heavy atom. The summed E-state index contributed by atoms with van der Waals surface area (Å²) in [7, 11) is 1.69. The van der Waals surface area contributed by atoms with Crippen molar-refractivity contribution in [2.75, 3.05) is 25.5 Å². The Kier molecular flexibility index (Phi) is 5.40. The maximum Gasteiger partial charge on any atom is 0.341 e. The van der Waals surface area contributed by atoms with Crippen molar-refractivity contribution in [1.29, 1.82) is 0 Å². The minimum Gasteiger partial charge on any atom is -0.462 e. The molecule has 1 aliphatic heterocycles. The number of rotatable bonds is 5. The summed E-state index contributed by atoms with van der Waals surface area (Å²) in [5.41, 5.74) is 0.879. The highest BCUT2D eigenvalue weighted by Crippen LogP contribution is 2.35. The van der Waals surface area contributed by atoms with E-state index in [4.69, 9.17) is 4.74 Å². The van der Waals surface area contributed by atoms with Crippen LogP contribution in [0.5, 0.6) is 0 Å². The van der Waals surface area contributed by atoms with Crippen molar-refractivity contribution in [2.24, 2.45) is 0 Å². The van der Waals surface area contributed by atoms with E-state index in [0.29, 0.717) is 22.1 Å². The molecule has 10 nitrogen and oxygen atoms in total. The van der Waals surface area contributed by atoms with Crippen LogP contribution in [0.15, 0.2) is 12.4 Å². The number of urea groups is 1. The fourth-order valence-electron chi connectivity index (χ4n) is 2.83. The lowest BCUT2D eigenvalue weighted by molar-refractivity contribution is -0.126. The Hall–Kier alpha value is -2.95. The number of anilines is 1. The summed E-state index contributed by atoms with van der Waals surface area (Å²) < 4.78 is 5.12. The molecule has 27 heavy (non-hydrogen) atoms. The van der Waals surface area contributed by atoms with E-state index < -0.39 is 12.0 Å². The van der Waals surface area contributed by atoms with Crippen LogP contribution in [0, 0.1) is 6.92 Å². The summed E-state index contributed by atoms with van der Waals surface area (Å²) in [5, 5.41) is 14.6. The molecule has 2 aromatic rings. The first-order valence-electron chi connectivity index (χ1n) is 8.39. The molecule has 0 aliphatic carbocycles. The Balaban J connectivity index is 1.83. The molecule has 1 aliphatic rings. The zero-order chi connectivity index (χ0) is 19.6. The van der Waals surface area contributed by atoms with Crippen molar-refractivity contribution in [3.63, 3.8) is 0 Å². The summed E-state index contributed by atoms with van der Waals surface area (Å²) in [6.07, 6.45) is 3.30. The van der Waals surface area contributed by atoms with E-state index in [1.165, 1.54) is 28.5 Å². The van der Waals surface area contributed by atoms with Gasteiger partial charge in [-0.15, -0.1) is 4.80 Å². The third kappa shape index (κ3) is 3.92. The Morgan fingerprint density at radius 2 is 2.07 bits per heavy atom. The van der Waals surface area contributed by atoms with Gasteiger partial charge in [-0.2, -0.15) is 10.2 Å². The van der Waals surface area contributed by atoms with Crippen molar-refractivity contribution in [3.05, 3.63) is 23.5 Å². The normalized spacial score (nSPS) is 16.5. The molecule has 1 fully saturated rings. The van der Waals surface area contributed by atoms with Crippen LogP contribution in [0.4, 0.5) is 9.80 Å². The van der Waals surface area contributed by atoms with Gasteiger partial charge in [-0.3, -0.25) is 10.1 Å². The Labute approximate surface area is 159 Å². The molecule has 3 rings (SSSR count). The average molecular weight is 392 g/mol. The molecule has 3 amide bonds. The molecular weight excluding hydrogens is 372 g/mol. The molecule has 0 bridgehead atoms. The summed E-state index contributed by atoms with van der Waals surface area (Å²) in [5.74, 6) is -0.553. The predicted molar refractivity (Wildman–Crippen MR) is 98.1 cm³/mol. The first-order chi connectivity index (χ1) is 12.9. The van der Waals surface area contributed by atoms with E-state index in [2.05, 4.69) is 20.8 Å². The quantitative estimate of drug-likeness (QED) is 0.738. The molecule has 0 saturated carbocycles. The van der Waals surface area contributed by atoms with E-state index in [-0.39, 0.29) is 30.5 Å². The fraction of sp³-hybridized carbons (Fsp3) is 0.438. The molecular formula is C16H20N6O4S. The molecule has 2 aromatic heterocycles. The number of thiophene rings is 1. The van der Waals surface area contributed by atoms with Crippen molar-refractivity contribution in [3.8, 4) is 5.00 Å². The van der Waals surface area contributed by atoms with Crippen LogP contribution in [-0.4, -0.2) is 64.0 Å². The summed E-state index contributed by atoms with van der Waals surface area (Å²) >= 11 is 1.17. The maximum absolute atomic E-state index is 12.4. The monoisotopic (exact) mass is 392 g/mol. The average Bonchev–Trinajstić information content (AvgIpc) is 3.29. The summed E-state index contributed by atoms with van der Waals surface area (Å²) in [4.78, 5) is 39.3. The number of aromatic nitrogens is 3. The zero-order valence-electron chi connectivity index (χ0n) is 15.2. The first kappa shape index (κ1) is 18.8. The highest BCUT2D eigenvalue weighted by Gasteiger charge is 2.29. The van der Waals surface area contributed by atoms with E-state index in [1.54, 1.807) is 25.8 Å². The minimum absolute atomic E-state index is 0.0217. The summed E-state index contributed by atoms with van der Waals surface area (Å²) in [6, 6.07) is -0.767. The lowest BCUT2D eigenvalue weighted by Gasteiger charge is -2.13. The van der Waals surface area contributed by atoms with Gasteiger partial charge in [-0.05, 0) is 13.8 Å². The molecule has 11 heteroatoms. The topological polar surface area (TPSA) is 118 Å². The Bertz CT molecular complexity index is 863. The lowest BCUT2D eigenvalue weighted by Crippen LogP contribution is -2.39. The van der Waals surface area contributed by atoms with Crippen LogP contribution in [-0.2, 0) is 9.53 Å². The van der Waals surface area contributed by atoms with Gasteiger partial charge in [0, 0.05) is 25.6 Å². The van der Waals surface area contributed by atoms with Gasteiger partial charge < -0.3 is 15.0 Å². The van der Waals surface area contributed by atoms with Crippen molar-refractivity contribution >= 4 is 34.2 Å². The van der Waals surface area contributed by atoms with Gasteiger partial charge in [0.2, 0.25) is 5.91 Å². The molecule has 144 valence electrons. The number of carbonyl (C=O) groups excluding carboxylic acids is 3. The number of hydrogen-bond acceptors (Lipinski definition) is 7. The predicted octanol–water partition coefficient (Wildman–Crippen LogP) is 1.17. The van der Waals surface area contributed by atoms with Crippen molar-refractivity contribution < 1.29 is 19.1 Å². The first-order valence-corrected chi connectivity index (χ1v) is 9.21. The van der Waals surface area contributed by atoms with Crippen LogP contribution in [0.3, 0.4) is 0 Å². The summed E-state index contributed by atoms with van der Waals surface area (Å²) in [6.45, 7) is 4.12. The number of amides is 3. The standard InChI is InChI=1S/C16H20N6O4S/c1-4-26-15(24)12-9(2)14(22-17-5-6-18-22)27-13(12)20-16(25)19-10-7-11(23)21(3)8-10/h5-6,10H,4,7-8H2,1-3H3,(H2,19,20,25). The number of nitrogens with zero attached hydrogens (tertiary/aromatic N) is 4. The van der Waals surface area contributed by atoms with Gasteiger partial charge >= 0.3 is 12.0 Å². The van der Waals surface area contributed by atoms with E-state index in [1.807, 2.05) is 0 Å². The maximum atomic E-state index is 12.4. The molecule has 3 heterocycles. The molecule has 0 radical (unpaired) electrons. The molecule has 1 saturated heterocycles. The number of hydrogen-bond donors (Lipinski definition) is 2. The number of likely N-dealkylation sites (tertiary alicyclic amines) is 1. The van der Waals surface area contributed by atoms with Gasteiger partial charge in [0.05, 0.1) is 30.6 Å². The fourth-order valence-corrected chi connectivity index (χ4v) is 3.94. The van der Waals surface area contributed by atoms with E-state index in [9.17, 15) is 14.4 Å². The second-order valence-electron chi connectivity index (χ2n) is 6.05. The smallest absolute Gasteiger partial charge is 0.341 e. The Morgan fingerprint density at radius 1 is 1.37 bits per heavy atom. The van der Waals surface area contributed by atoms with Crippen LogP contribution in [0.1, 0.15) is 29.3 Å². The zero-order valence-corrected chi connectivity index (χ0v) is 16.0. The minimum atomic E-state index is -0.532. The van der Waals surface area contributed by atoms with E-state index in [0.717, 1.165) is 0 Å². The van der Waals surface area contributed by atoms with Gasteiger partial charge in [0.1, 0.15) is 10.0 Å². The van der Waals surface area contributed by atoms with E-state index >= 15 is 0 Å². The second-order valence-corrected chi connectivity index (χ2v) is 7.05.